The number of hydrogen-bond donors (Lipinski definition) is 3. The predicted octanol–water partition coefficient (Wildman–Crippen LogP) is 5.17. The van der Waals surface area contributed by atoms with Crippen molar-refractivity contribution in [3.63, 3.8) is 0 Å². The molecule has 0 aliphatic carbocycles. The molecule has 1 saturated heterocycles. The van der Waals surface area contributed by atoms with E-state index in [0.29, 0.717) is 38.2 Å². The SMILES string of the molecule is Cc1ccc2[nH]c3c(c2c1)C[C@@H](C)N(CC(F)(F)CO)[C@@H]3c1c(F)cc(NC2CN(CCCF)C2)cc1F. The first-order chi connectivity index (χ1) is 18.1. The van der Waals surface area contributed by atoms with E-state index in [1.165, 1.54) is 17.0 Å². The molecule has 0 unspecified atom stereocenters. The molecular formula is C28H33F5N4O. The molecule has 5 rings (SSSR count). The normalized spacial score (nSPS) is 21.1. The fourth-order valence-corrected chi connectivity index (χ4v) is 5.83. The van der Waals surface area contributed by atoms with Crippen molar-refractivity contribution in [3.05, 3.63) is 64.4 Å². The number of likely N-dealkylation sites (tertiary alicyclic amines) is 1. The van der Waals surface area contributed by atoms with E-state index in [-0.39, 0.29) is 24.0 Å². The Morgan fingerprint density at radius 3 is 2.50 bits per heavy atom. The van der Waals surface area contributed by atoms with Crippen LogP contribution in [0.2, 0.25) is 0 Å². The van der Waals surface area contributed by atoms with E-state index in [4.69, 9.17) is 0 Å². The Morgan fingerprint density at radius 1 is 1.13 bits per heavy atom. The van der Waals surface area contributed by atoms with Crippen LogP contribution < -0.4 is 5.32 Å². The standard InChI is InChI=1S/C28H33F5N4O/c1-16-4-5-24-20(8-16)21-9-17(2)37(14-28(32,33)15-38)27(26(21)35-24)25-22(30)10-18(11-23(25)31)34-19-12-36(13-19)7-3-6-29/h4-5,8,10-11,17,19,27,34-35,38H,3,6-7,9,12-15H2,1-2H3/t17-,27-/m1/s1. The van der Waals surface area contributed by atoms with E-state index in [1.807, 2.05) is 25.1 Å². The van der Waals surface area contributed by atoms with Crippen molar-refractivity contribution in [1.82, 2.24) is 14.8 Å². The van der Waals surface area contributed by atoms with Crippen LogP contribution in [-0.4, -0.2) is 77.4 Å². The number of nitrogens with one attached hydrogen (secondary N) is 2. The molecule has 1 aromatic heterocycles. The number of aliphatic hydroxyl groups is 1. The maximum Gasteiger partial charge on any atom is 0.283 e. The summed E-state index contributed by atoms with van der Waals surface area (Å²) >= 11 is 0. The summed E-state index contributed by atoms with van der Waals surface area (Å²) in [5, 5.41) is 13.3. The number of hydrogen-bond acceptors (Lipinski definition) is 4. The second kappa shape index (κ2) is 10.5. The van der Waals surface area contributed by atoms with Crippen molar-refractivity contribution in [3.8, 4) is 0 Å². The smallest absolute Gasteiger partial charge is 0.283 e. The van der Waals surface area contributed by atoms with Crippen LogP contribution in [0.15, 0.2) is 30.3 Å². The zero-order valence-electron chi connectivity index (χ0n) is 21.5. The molecule has 3 aromatic rings. The van der Waals surface area contributed by atoms with Crippen LogP contribution in [0.3, 0.4) is 0 Å². The Morgan fingerprint density at radius 2 is 1.84 bits per heavy atom. The van der Waals surface area contributed by atoms with Crippen LogP contribution in [0.1, 0.15) is 41.8 Å². The van der Waals surface area contributed by atoms with Gasteiger partial charge in [0, 0.05) is 53.5 Å². The average Bonchev–Trinajstić information content (AvgIpc) is 3.18. The molecule has 1 fully saturated rings. The third kappa shape index (κ3) is 5.13. The molecule has 206 valence electrons. The van der Waals surface area contributed by atoms with Crippen molar-refractivity contribution in [1.29, 1.82) is 0 Å². The number of aromatic amines is 1. The summed E-state index contributed by atoms with van der Waals surface area (Å²) in [5.41, 5.74) is 3.09. The van der Waals surface area contributed by atoms with E-state index in [1.54, 1.807) is 6.92 Å². The first-order valence-corrected chi connectivity index (χ1v) is 13.0. The largest absolute Gasteiger partial charge is 0.390 e. The average molecular weight is 537 g/mol. The van der Waals surface area contributed by atoms with Gasteiger partial charge < -0.3 is 15.4 Å². The lowest BCUT2D eigenvalue weighted by Gasteiger charge is -2.42. The monoisotopic (exact) mass is 536 g/mol. The molecule has 3 heterocycles. The highest BCUT2D eigenvalue weighted by Crippen LogP contribution is 2.44. The lowest BCUT2D eigenvalue weighted by atomic mass is 9.87. The van der Waals surface area contributed by atoms with Crippen LogP contribution >= 0.6 is 0 Å². The second-order valence-corrected chi connectivity index (χ2v) is 10.7. The molecule has 2 aliphatic heterocycles. The minimum Gasteiger partial charge on any atom is -0.390 e. The Balaban J connectivity index is 1.52. The Bertz CT molecular complexity index is 1280. The van der Waals surface area contributed by atoms with Gasteiger partial charge >= 0.3 is 0 Å². The van der Waals surface area contributed by atoms with Crippen molar-refractivity contribution in [2.45, 2.75) is 50.7 Å². The molecular weight excluding hydrogens is 503 g/mol. The summed E-state index contributed by atoms with van der Waals surface area (Å²) in [6, 6.07) is 6.58. The minimum atomic E-state index is -3.45. The maximum atomic E-state index is 15.7. The van der Waals surface area contributed by atoms with E-state index in [0.717, 1.165) is 22.0 Å². The first-order valence-electron chi connectivity index (χ1n) is 13.0. The molecule has 0 radical (unpaired) electrons. The first kappa shape index (κ1) is 26.9. The fraction of sp³-hybridized carbons (Fsp3) is 0.500. The van der Waals surface area contributed by atoms with Crippen LogP contribution in [-0.2, 0) is 6.42 Å². The van der Waals surface area contributed by atoms with Crippen LogP contribution in [0, 0.1) is 18.6 Å². The molecule has 2 aliphatic rings. The van der Waals surface area contributed by atoms with Gasteiger partial charge in [-0.25, -0.2) is 17.6 Å². The maximum absolute atomic E-state index is 15.7. The number of benzene rings is 2. The number of aryl methyl sites for hydroxylation is 1. The Hall–Kier alpha value is -2.69. The van der Waals surface area contributed by atoms with Gasteiger partial charge in [0.05, 0.1) is 25.3 Å². The molecule has 3 N–H and O–H groups in total. The third-order valence-electron chi connectivity index (χ3n) is 7.70. The summed E-state index contributed by atoms with van der Waals surface area (Å²) in [4.78, 5) is 6.69. The van der Waals surface area contributed by atoms with Crippen LogP contribution in [0.5, 0.6) is 0 Å². The number of H-pyrrole nitrogens is 1. The highest BCUT2D eigenvalue weighted by atomic mass is 19.3. The van der Waals surface area contributed by atoms with Crippen molar-refractivity contribution in [2.75, 3.05) is 44.8 Å². The zero-order valence-corrected chi connectivity index (χ0v) is 21.5. The summed E-state index contributed by atoms with van der Waals surface area (Å²) < 4.78 is 72.8. The third-order valence-corrected chi connectivity index (χ3v) is 7.70. The van der Waals surface area contributed by atoms with Gasteiger partial charge in [0.2, 0.25) is 0 Å². The van der Waals surface area contributed by atoms with Crippen molar-refractivity contribution < 1.29 is 27.1 Å². The van der Waals surface area contributed by atoms with Gasteiger partial charge in [0.25, 0.3) is 5.92 Å². The van der Waals surface area contributed by atoms with E-state index in [9.17, 15) is 18.3 Å². The van der Waals surface area contributed by atoms with Crippen molar-refractivity contribution >= 4 is 16.6 Å². The van der Waals surface area contributed by atoms with Crippen LogP contribution in [0.4, 0.5) is 27.6 Å². The van der Waals surface area contributed by atoms with Gasteiger partial charge in [0.1, 0.15) is 18.2 Å². The number of fused-ring (bicyclic) bond motifs is 3. The highest BCUT2D eigenvalue weighted by molar-refractivity contribution is 5.86. The fourth-order valence-electron chi connectivity index (χ4n) is 5.83. The summed E-state index contributed by atoms with van der Waals surface area (Å²) in [6.07, 6.45) is 0.867. The second-order valence-electron chi connectivity index (χ2n) is 10.7. The topological polar surface area (TPSA) is 54.5 Å². The summed E-state index contributed by atoms with van der Waals surface area (Å²) in [7, 11) is 0. The molecule has 2 aromatic carbocycles. The van der Waals surface area contributed by atoms with Crippen molar-refractivity contribution in [2.24, 2.45) is 0 Å². The molecule has 38 heavy (non-hydrogen) atoms. The number of halogens is 5. The number of nitrogens with zero attached hydrogens (tertiary/aromatic N) is 2. The van der Waals surface area contributed by atoms with Crippen LogP contribution in [0.25, 0.3) is 10.9 Å². The summed E-state index contributed by atoms with van der Waals surface area (Å²) in [5.74, 6) is -5.11. The number of aliphatic hydroxyl groups excluding tert-OH is 1. The van der Waals surface area contributed by atoms with E-state index < -0.39 is 42.8 Å². The Kier molecular flexibility index (Phi) is 7.41. The molecule has 0 bridgehead atoms. The molecule has 10 heteroatoms. The van der Waals surface area contributed by atoms with Gasteiger partial charge in [-0.3, -0.25) is 14.2 Å². The van der Waals surface area contributed by atoms with Gasteiger partial charge in [-0.2, -0.15) is 0 Å². The van der Waals surface area contributed by atoms with Gasteiger partial charge in [-0.15, -0.1) is 0 Å². The zero-order chi connectivity index (χ0) is 27.2. The molecule has 0 amide bonds. The quantitative estimate of drug-likeness (QED) is 0.330. The highest BCUT2D eigenvalue weighted by Gasteiger charge is 2.43. The van der Waals surface area contributed by atoms with Gasteiger partial charge in [-0.05, 0) is 56.5 Å². The van der Waals surface area contributed by atoms with Gasteiger partial charge in [0.15, 0.2) is 0 Å². The lowest BCUT2D eigenvalue weighted by Crippen LogP contribution is -2.54. The number of anilines is 1. The molecule has 2 atom stereocenters. The van der Waals surface area contributed by atoms with E-state index >= 15 is 8.78 Å². The minimum absolute atomic E-state index is 0.0164. The lowest BCUT2D eigenvalue weighted by molar-refractivity contribution is -0.0869. The molecule has 0 spiro atoms. The number of rotatable bonds is 9. The predicted molar refractivity (Wildman–Crippen MR) is 138 cm³/mol. The Labute approximate surface area is 218 Å². The summed E-state index contributed by atoms with van der Waals surface area (Å²) in [6.45, 7) is 3.04. The molecule has 0 saturated carbocycles. The van der Waals surface area contributed by atoms with E-state index in [2.05, 4.69) is 15.2 Å². The number of aromatic nitrogens is 1. The number of alkyl halides is 3. The van der Waals surface area contributed by atoms with Gasteiger partial charge in [-0.1, -0.05) is 11.6 Å². The molecule has 5 nitrogen and oxygen atoms in total.